The standard InChI is InChI=1S/C21H22N2O2/c1-15-7-6-8-17(13-15)25-12-11-23(3)21(24)19-14-16(2)22-20-10-5-4-9-18(19)20/h4-10,13-14H,11-12H2,1-3H3. The third kappa shape index (κ3) is 3.97. The van der Waals surface area contributed by atoms with E-state index >= 15 is 0 Å². The largest absolute Gasteiger partial charge is 0.492 e. The van der Waals surface area contributed by atoms with E-state index in [1.165, 1.54) is 0 Å². The monoisotopic (exact) mass is 334 g/mol. The Morgan fingerprint density at radius 3 is 2.68 bits per heavy atom. The van der Waals surface area contributed by atoms with E-state index in [9.17, 15) is 4.79 Å². The minimum atomic E-state index is -0.0189. The number of benzene rings is 2. The number of carbonyl (C=O) groups is 1. The summed E-state index contributed by atoms with van der Waals surface area (Å²) in [6.45, 7) is 4.90. The molecule has 3 aromatic rings. The lowest BCUT2D eigenvalue weighted by atomic mass is 10.1. The number of fused-ring (bicyclic) bond motifs is 1. The van der Waals surface area contributed by atoms with E-state index in [4.69, 9.17) is 4.74 Å². The Morgan fingerprint density at radius 2 is 1.88 bits per heavy atom. The molecular weight excluding hydrogens is 312 g/mol. The Bertz CT molecular complexity index is 905. The predicted octanol–water partition coefficient (Wildman–Crippen LogP) is 4.00. The van der Waals surface area contributed by atoms with Crippen LogP contribution in [0.2, 0.25) is 0 Å². The van der Waals surface area contributed by atoms with Gasteiger partial charge in [-0.25, -0.2) is 0 Å². The number of carbonyl (C=O) groups excluding carboxylic acids is 1. The van der Waals surface area contributed by atoms with E-state index in [0.717, 1.165) is 27.9 Å². The van der Waals surface area contributed by atoms with E-state index in [-0.39, 0.29) is 5.91 Å². The first-order valence-corrected chi connectivity index (χ1v) is 8.36. The molecule has 3 rings (SSSR count). The number of pyridine rings is 1. The fourth-order valence-corrected chi connectivity index (χ4v) is 2.80. The van der Waals surface area contributed by atoms with Crippen molar-refractivity contribution in [2.24, 2.45) is 0 Å². The zero-order chi connectivity index (χ0) is 17.8. The summed E-state index contributed by atoms with van der Waals surface area (Å²) in [5, 5.41) is 0.879. The first kappa shape index (κ1) is 17.0. The van der Waals surface area contributed by atoms with Gasteiger partial charge in [0.15, 0.2) is 0 Å². The number of hydrogen-bond donors (Lipinski definition) is 0. The van der Waals surface area contributed by atoms with Crippen LogP contribution in [0, 0.1) is 13.8 Å². The molecular formula is C21H22N2O2. The van der Waals surface area contributed by atoms with Gasteiger partial charge in [-0.2, -0.15) is 0 Å². The van der Waals surface area contributed by atoms with Crippen molar-refractivity contribution >= 4 is 16.8 Å². The predicted molar refractivity (Wildman–Crippen MR) is 100 cm³/mol. The van der Waals surface area contributed by atoms with Crippen LogP contribution in [0.1, 0.15) is 21.6 Å². The molecule has 0 saturated heterocycles. The molecule has 1 aromatic heterocycles. The zero-order valence-electron chi connectivity index (χ0n) is 14.8. The molecule has 0 bridgehead atoms. The van der Waals surface area contributed by atoms with Crippen LogP contribution in [0.4, 0.5) is 0 Å². The first-order valence-electron chi connectivity index (χ1n) is 8.36. The Labute approximate surface area is 148 Å². The van der Waals surface area contributed by atoms with Gasteiger partial charge in [-0.05, 0) is 43.7 Å². The van der Waals surface area contributed by atoms with Crippen LogP contribution in [0.25, 0.3) is 10.9 Å². The van der Waals surface area contributed by atoms with Crippen molar-refractivity contribution in [2.75, 3.05) is 20.2 Å². The third-order valence-electron chi connectivity index (χ3n) is 4.11. The molecule has 0 aliphatic carbocycles. The van der Waals surface area contributed by atoms with Crippen LogP contribution < -0.4 is 4.74 Å². The first-order chi connectivity index (χ1) is 12.0. The normalized spacial score (nSPS) is 10.7. The second-order valence-electron chi connectivity index (χ2n) is 6.22. The quantitative estimate of drug-likeness (QED) is 0.708. The lowest BCUT2D eigenvalue weighted by molar-refractivity contribution is 0.0775. The maximum Gasteiger partial charge on any atom is 0.254 e. The maximum atomic E-state index is 12.8. The molecule has 128 valence electrons. The third-order valence-corrected chi connectivity index (χ3v) is 4.11. The molecule has 4 nitrogen and oxygen atoms in total. The van der Waals surface area contributed by atoms with Crippen molar-refractivity contribution in [3.63, 3.8) is 0 Å². The molecule has 4 heteroatoms. The summed E-state index contributed by atoms with van der Waals surface area (Å²) in [5.74, 6) is 0.806. The van der Waals surface area contributed by atoms with E-state index in [1.54, 1.807) is 11.9 Å². The van der Waals surface area contributed by atoms with E-state index < -0.39 is 0 Å². The Balaban J connectivity index is 1.70. The van der Waals surface area contributed by atoms with E-state index in [0.29, 0.717) is 18.7 Å². The highest BCUT2D eigenvalue weighted by molar-refractivity contribution is 6.06. The van der Waals surface area contributed by atoms with Crippen LogP contribution in [0.15, 0.2) is 54.6 Å². The summed E-state index contributed by atoms with van der Waals surface area (Å²) in [6, 6.07) is 17.5. The molecule has 0 aliphatic rings. The molecule has 0 fully saturated rings. The molecule has 0 unspecified atom stereocenters. The molecule has 2 aromatic carbocycles. The average molecular weight is 334 g/mol. The number of likely N-dealkylation sites (N-methyl/N-ethyl adjacent to an activating group) is 1. The second kappa shape index (κ2) is 7.34. The van der Waals surface area contributed by atoms with Crippen LogP contribution in [-0.2, 0) is 0 Å². The molecule has 0 N–H and O–H groups in total. The van der Waals surface area contributed by atoms with Crippen molar-refractivity contribution in [1.29, 1.82) is 0 Å². The van der Waals surface area contributed by atoms with Crippen LogP contribution >= 0.6 is 0 Å². The van der Waals surface area contributed by atoms with Crippen molar-refractivity contribution in [2.45, 2.75) is 13.8 Å². The van der Waals surface area contributed by atoms with Crippen molar-refractivity contribution in [1.82, 2.24) is 9.88 Å². The number of amides is 1. The number of hydrogen-bond acceptors (Lipinski definition) is 3. The van der Waals surface area contributed by atoms with Crippen molar-refractivity contribution in [3.8, 4) is 5.75 Å². The van der Waals surface area contributed by atoms with Gasteiger partial charge in [-0.3, -0.25) is 9.78 Å². The van der Waals surface area contributed by atoms with Gasteiger partial charge in [-0.15, -0.1) is 0 Å². The molecule has 0 aliphatic heterocycles. The van der Waals surface area contributed by atoms with Crippen LogP contribution in [0.5, 0.6) is 5.75 Å². The minimum Gasteiger partial charge on any atom is -0.492 e. The molecule has 1 amide bonds. The topological polar surface area (TPSA) is 42.4 Å². The summed E-state index contributed by atoms with van der Waals surface area (Å²) in [4.78, 5) is 19.0. The van der Waals surface area contributed by atoms with Gasteiger partial charge in [-0.1, -0.05) is 30.3 Å². The van der Waals surface area contributed by atoms with Crippen LogP contribution in [-0.4, -0.2) is 36.0 Å². The summed E-state index contributed by atoms with van der Waals surface area (Å²) in [6.07, 6.45) is 0. The number of rotatable bonds is 5. The number of ether oxygens (including phenoxy) is 1. The highest BCUT2D eigenvalue weighted by Gasteiger charge is 2.16. The van der Waals surface area contributed by atoms with Gasteiger partial charge in [0.05, 0.1) is 17.6 Å². The lowest BCUT2D eigenvalue weighted by Gasteiger charge is -2.19. The average Bonchev–Trinajstić information content (AvgIpc) is 2.60. The Kier molecular flexibility index (Phi) is 4.98. The Hall–Kier alpha value is -2.88. The van der Waals surface area contributed by atoms with Gasteiger partial charge in [0, 0.05) is 18.1 Å². The summed E-state index contributed by atoms with van der Waals surface area (Å²) < 4.78 is 5.75. The molecule has 1 heterocycles. The summed E-state index contributed by atoms with van der Waals surface area (Å²) in [5.41, 5.74) is 3.52. The highest BCUT2D eigenvalue weighted by Crippen LogP contribution is 2.19. The molecule has 0 radical (unpaired) electrons. The second-order valence-corrected chi connectivity index (χ2v) is 6.22. The van der Waals surface area contributed by atoms with Gasteiger partial charge in [0.2, 0.25) is 0 Å². The molecule has 0 spiro atoms. The van der Waals surface area contributed by atoms with Crippen molar-refractivity contribution in [3.05, 3.63) is 71.4 Å². The maximum absolute atomic E-state index is 12.8. The highest BCUT2D eigenvalue weighted by atomic mass is 16.5. The minimum absolute atomic E-state index is 0.0189. The van der Waals surface area contributed by atoms with Gasteiger partial charge in [0.25, 0.3) is 5.91 Å². The number of nitrogens with zero attached hydrogens (tertiary/aromatic N) is 2. The lowest BCUT2D eigenvalue weighted by Crippen LogP contribution is -2.31. The van der Waals surface area contributed by atoms with E-state index in [2.05, 4.69) is 4.98 Å². The SMILES string of the molecule is Cc1cccc(OCCN(C)C(=O)c2cc(C)nc3ccccc23)c1. The summed E-state index contributed by atoms with van der Waals surface area (Å²) >= 11 is 0. The molecule has 0 saturated carbocycles. The Morgan fingerprint density at radius 1 is 1.08 bits per heavy atom. The fourth-order valence-electron chi connectivity index (χ4n) is 2.80. The van der Waals surface area contributed by atoms with Gasteiger partial charge in [0.1, 0.15) is 12.4 Å². The number of para-hydroxylation sites is 1. The molecule has 0 atom stereocenters. The number of aromatic nitrogens is 1. The fraction of sp³-hybridized carbons (Fsp3) is 0.238. The summed E-state index contributed by atoms with van der Waals surface area (Å²) in [7, 11) is 1.80. The van der Waals surface area contributed by atoms with Gasteiger partial charge < -0.3 is 9.64 Å². The van der Waals surface area contributed by atoms with E-state index in [1.807, 2.05) is 68.4 Å². The van der Waals surface area contributed by atoms with Crippen LogP contribution in [0.3, 0.4) is 0 Å². The smallest absolute Gasteiger partial charge is 0.254 e. The van der Waals surface area contributed by atoms with Crippen molar-refractivity contribution < 1.29 is 9.53 Å². The zero-order valence-corrected chi connectivity index (χ0v) is 14.8. The number of aryl methyl sites for hydroxylation is 2. The van der Waals surface area contributed by atoms with Gasteiger partial charge >= 0.3 is 0 Å². The molecule has 25 heavy (non-hydrogen) atoms.